The zero-order valence-electron chi connectivity index (χ0n) is 15.6. The molecule has 0 amide bonds. The number of carbonyl (C=O) groups excluding carboxylic acids is 1. The van der Waals surface area contributed by atoms with Gasteiger partial charge in [0, 0.05) is 12.8 Å². The Morgan fingerprint density at radius 3 is 1.57 bits per heavy atom. The number of ether oxygens (including phenoxy) is 4. The SMILES string of the molecule is O=C(C1=COC(CC2=CC=CCC2)=CO1)C1=COC(CC2=CC=CCC2)=CO1. The maximum Gasteiger partial charge on any atom is 0.269 e. The number of hydrogen-bond acceptors (Lipinski definition) is 5. The first-order valence-electron chi connectivity index (χ1n) is 9.47. The monoisotopic (exact) mass is 378 g/mol. The standard InChI is InChI=1S/C23H22O5/c24-23(21-15-25-19(13-27-21)11-17-7-3-1-4-8-17)22-16-26-20(14-28-22)12-18-9-5-2-6-10-18/h1-3,5,7,9,13-16H,4,6,8,10-12H2. The van der Waals surface area contributed by atoms with Crippen molar-refractivity contribution in [1.29, 1.82) is 0 Å². The molecule has 0 atom stereocenters. The lowest BCUT2D eigenvalue weighted by atomic mass is 10.0. The topological polar surface area (TPSA) is 54.0 Å². The van der Waals surface area contributed by atoms with Crippen molar-refractivity contribution in [3.8, 4) is 0 Å². The van der Waals surface area contributed by atoms with E-state index in [4.69, 9.17) is 18.9 Å². The van der Waals surface area contributed by atoms with Crippen molar-refractivity contribution in [3.63, 3.8) is 0 Å². The molecule has 28 heavy (non-hydrogen) atoms. The summed E-state index contributed by atoms with van der Waals surface area (Å²) in [6, 6.07) is 0. The summed E-state index contributed by atoms with van der Waals surface area (Å²) in [6.45, 7) is 0. The minimum absolute atomic E-state index is 0.0631. The molecule has 2 aliphatic heterocycles. The molecule has 0 bridgehead atoms. The van der Waals surface area contributed by atoms with E-state index in [1.54, 1.807) is 0 Å². The molecule has 0 aromatic heterocycles. The van der Waals surface area contributed by atoms with Gasteiger partial charge in [0.15, 0.2) is 0 Å². The van der Waals surface area contributed by atoms with E-state index in [0.717, 1.165) is 25.7 Å². The van der Waals surface area contributed by atoms with Gasteiger partial charge in [-0.05, 0) is 25.7 Å². The van der Waals surface area contributed by atoms with Gasteiger partial charge in [-0.1, -0.05) is 47.6 Å². The Bertz CT molecular complexity index is 818. The average Bonchev–Trinajstić information content (AvgIpc) is 2.76. The predicted molar refractivity (Wildman–Crippen MR) is 104 cm³/mol. The van der Waals surface area contributed by atoms with E-state index in [2.05, 4.69) is 24.3 Å². The van der Waals surface area contributed by atoms with Crippen molar-refractivity contribution in [3.05, 3.63) is 95.7 Å². The van der Waals surface area contributed by atoms with Gasteiger partial charge < -0.3 is 18.9 Å². The molecule has 2 heterocycles. The largest absolute Gasteiger partial charge is 0.462 e. The maximum absolute atomic E-state index is 12.5. The van der Waals surface area contributed by atoms with Crippen LogP contribution in [0.3, 0.4) is 0 Å². The second kappa shape index (κ2) is 8.65. The van der Waals surface area contributed by atoms with Crippen LogP contribution in [0.4, 0.5) is 0 Å². The minimum atomic E-state index is -0.426. The van der Waals surface area contributed by atoms with E-state index in [0.29, 0.717) is 24.4 Å². The van der Waals surface area contributed by atoms with Gasteiger partial charge >= 0.3 is 0 Å². The molecule has 0 saturated carbocycles. The fourth-order valence-corrected chi connectivity index (χ4v) is 3.18. The van der Waals surface area contributed by atoms with Crippen LogP contribution in [0, 0.1) is 0 Å². The van der Waals surface area contributed by atoms with Crippen molar-refractivity contribution >= 4 is 5.78 Å². The van der Waals surface area contributed by atoms with Crippen molar-refractivity contribution in [1.82, 2.24) is 0 Å². The number of hydrogen-bond donors (Lipinski definition) is 0. The van der Waals surface area contributed by atoms with Crippen LogP contribution in [-0.2, 0) is 23.7 Å². The van der Waals surface area contributed by atoms with E-state index in [1.807, 2.05) is 12.2 Å². The smallest absolute Gasteiger partial charge is 0.269 e. The molecule has 0 unspecified atom stereocenters. The molecule has 0 spiro atoms. The molecule has 0 radical (unpaired) electrons. The van der Waals surface area contributed by atoms with Gasteiger partial charge in [-0.3, -0.25) is 4.79 Å². The molecule has 0 aromatic carbocycles. The molecule has 0 saturated heterocycles. The highest BCUT2D eigenvalue weighted by Gasteiger charge is 2.24. The summed E-state index contributed by atoms with van der Waals surface area (Å²) in [7, 11) is 0. The molecule has 0 fully saturated rings. The van der Waals surface area contributed by atoms with E-state index < -0.39 is 5.78 Å². The van der Waals surface area contributed by atoms with Crippen LogP contribution in [0.25, 0.3) is 0 Å². The third-order valence-electron chi connectivity index (χ3n) is 4.72. The molecule has 144 valence electrons. The average molecular weight is 378 g/mol. The fraction of sp³-hybridized carbons (Fsp3) is 0.261. The third kappa shape index (κ3) is 4.55. The molecule has 4 aliphatic rings. The molecule has 5 nitrogen and oxygen atoms in total. The zero-order valence-corrected chi connectivity index (χ0v) is 15.6. The van der Waals surface area contributed by atoms with Gasteiger partial charge in [0.2, 0.25) is 11.5 Å². The summed E-state index contributed by atoms with van der Waals surface area (Å²) in [5.74, 6) is 1.04. The highest BCUT2D eigenvalue weighted by atomic mass is 16.6. The minimum Gasteiger partial charge on any atom is -0.462 e. The Labute approximate surface area is 164 Å². The molecule has 4 rings (SSSR count). The number of carbonyl (C=O) groups is 1. The Balaban J connectivity index is 1.28. The lowest BCUT2D eigenvalue weighted by molar-refractivity contribution is -0.118. The zero-order chi connectivity index (χ0) is 19.2. The van der Waals surface area contributed by atoms with Gasteiger partial charge in [-0.15, -0.1) is 0 Å². The van der Waals surface area contributed by atoms with Crippen LogP contribution in [0.15, 0.2) is 95.7 Å². The summed E-state index contributed by atoms with van der Waals surface area (Å²) in [5.41, 5.74) is 2.54. The van der Waals surface area contributed by atoms with Crippen LogP contribution in [0.5, 0.6) is 0 Å². The predicted octanol–water partition coefficient (Wildman–Crippen LogP) is 5.35. The Kier molecular flexibility index (Phi) is 5.61. The molecule has 5 heteroatoms. The van der Waals surface area contributed by atoms with Crippen molar-refractivity contribution in [2.75, 3.05) is 0 Å². The van der Waals surface area contributed by atoms with Crippen LogP contribution >= 0.6 is 0 Å². The summed E-state index contributed by atoms with van der Waals surface area (Å²) < 4.78 is 22.0. The summed E-state index contributed by atoms with van der Waals surface area (Å²) in [6.07, 6.45) is 23.5. The van der Waals surface area contributed by atoms with Gasteiger partial charge in [0.25, 0.3) is 5.78 Å². The quantitative estimate of drug-likeness (QED) is 0.624. The van der Waals surface area contributed by atoms with Crippen LogP contribution in [-0.4, -0.2) is 5.78 Å². The number of rotatable bonds is 6. The first-order valence-corrected chi connectivity index (χ1v) is 9.47. The molecule has 2 aliphatic carbocycles. The number of ketones is 1. The first-order chi connectivity index (χ1) is 13.8. The second-order valence-electron chi connectivity index (χ2n) is 6.87. The maximum atomic E-state index is 12.5. The Morgan fingerprint density at radius 1 is 0.714 bits per heavy atom. The Morgan fingerprint density at radius 2 is 1.21 bits per heavy atom. The molecular formula is C23H22O5. The second-order valence-corrected chi connectivity index (χ2v) is 6.87. The van der Waals surface area contributed by atoms with Crippen molar-refractivity contribution in [2.45, 2.75) is 38.5 Å². The Hall–Kier alpha value is -3.21. The van der Waals surface area contributed by atoms with E-state index in [9.17, 15) is 4.79 Å². The normalized spacial score (nSPS) is 20.7. The summed E-state index contributed by atoms with van der Waals surface area (Å²) in [4.78, 5) is 12.5. The highest BCUT2D eigenvalue weighted by molar-refractivity contribution is 6.05. The molecule has 0 N–H and O–H groups in total. The van der Waals surface area contributed by atoms with Gasteiger partial charge in [-0.2, -0.15) is 0 Å². The van der Waals surface area contributed by atoms with E-state index in [1.165, 1.54) is 36.2 Å². The summed E-state index contributed by atoms with van der Waals surface area (Å²) >= 11 is 0. The van der Waals surface area contributed by atoms with E-state index in [-0.39, 0.29) is 11.5 Å². The lowest BCUT2D eigenvalue weighted by Crippen LogP contribution is -2.14. The number of allylic oxidation sites excluding steroid dienone is 8. The van der Waals surface area contributed by atoms with Crippen LogP contribution in [0.2, 0.25) is 0 Å². The van der Waals surface area contributed by atoms with Gasteiger partial charge in [0.05, 0.1) is 0 Å². The van der Waals surface area contributed by atoms with Gasteiger partial charge in [0.1, 0.15) is 36.6 Å². The lowest BCUT2D eigenvalue weighted by Gasteiger charge is -2.19. The van der Waals surface area contributed by atoms with Crippen molar-refractivity contribution < 1.29 is 23.7 Å². The third-order valence-corrected chi connectivity index (χ3v) is 4.72. The summed E-state index contributed by atoms with van der Waals surface area (Å²) in [5, 5.41) is 0. The molecular weight excluding hydrogens is 356 g/mol. The molecule has 0 aromatic rings. The fourth-order valence-electron chi connectivity index (χ4n) is 3.18. The highest BCUT2D eigenvalue weighted by Crippen LogP contribution is 2.27. The van der Waals surface area contributed by atoms with Crippen LogP contribution < -0.4 is 0 Å². The van der Waals surface area contributed by atoms with Crippen molar-refractivity contribution in [2.24, 2.45) is 0 Å². The van der Waals surface area contributed by atoms with Gasteiger partial charge in [-0.25, -0.2) is 0 Å². The first kappa shape index (κ1) is 18.2. The number of Topliss-reactive ketones (excluding diaryl/α,β-unsaturated/α-hetero) is 1. The van der Waals surface area contributed by atoms with E-state index >= 15 is 0 Å². The van der Waals surface area contributed by atoms with Crippen LogP contribution in [0.1, 0.15) is 38.5 Å².